The number of hydrogen-bond acceptors (Lipinski definition) is 3. The van der Waals surface area contributed by atoms with Crippen LogP contribution in [-0.2, 0) is 0 Å². The lowest BCUT2D eigenvalue weighted by molar-refractivity contribution is -0.136. The molecule has 1 rings (SSSR count). The molecule has 6 heteroatoms. The van der Waals surface area contributed by atoms with E-state index >= 15 is 0 Å². The molecule has 1 unspecified atom stereocenters. The molecule has 0 aromatic carbocycles. The molecule has 0 bridgehead atoms. The molecule has 0 fully saturated rings. The van der Waals surface area contributed by atoms with Gasteiger partial charge in [-0.25, -0.2) is 4.98 Å². The van der Waals surface area contributed by atoms with Crippen molar-refractivity contribution in [3.63, 3.8) is 0 Å². The van der Waals surface area contributed by atoms with E-state index in [9.17, 15) is 13.2 Å². The van der Waals surface area contributed by atoms with Gasteiger partial charge >= 0.3 is 6.18 Å². The molecule has 1 aromatic rings. The fraction of sp³-hybridized carbons (Fsp3) is 0.500. The molecule has 3 nitrogen and oxygen atoms in total. The fourth-order valence-electron chi connectivity index (χ4n) is 1.31. The Kier molecular flexibility index (Phi) is 3.62. The maximum absolute atomic E-state index is 12.1. The van der Waals surface area contributed by atoms with E-state index in [1.807, 2.05) is 0 Å². The van der Waals surface area contributed by atoms with Gasteiger partial charge in [0.1, 0.15) is 5.82 Å². The minimum absolute atomic E-state index is 0.303. The Morgan fingerprint density at radius 3 is 2.62 bits per heavy atom. The number of nitrogens with zero attached hydrogens (tertiary/aromatic N) is 1. The van der Waals surface area contributed by atoms with Crippen molar-refractivity contribution in [1.29, 1.82) is 0 Å². The number of nitrogens with two attached hydrogens (primary N) is 1. The Labute approximate surface area is 91.9 Å². The van der Waals surface area contributed by atoms with E-state index in [0.29, 0.717) is 17.2 Å². The number of halogens is 3. The van der Waals surface area contributed by atoms with Gasteiger partial charge in [0.05, 0.1) is 12.1 Å². The highest BCUT2D eigenvalue weighted by Crippen LogP contribution is 2.24. The normalized spacial score (nSPS) is 13.6. The third kappa shape index (κ3) is 3.96. The van der Waals surface area contributed by atoms with E-state index in [-0.39, 0.29) is 0 Å². The summed E-state index contributed by atoms with van der Waals surface area (Å²) in [5.41, 5.74) is 6.65. The number of rotatable bonds is 3. The lowest BCUT2D eigenvalue weighted by atomic mass is 10.2. The maximum Gasteiger partial charge on any atom is 0.391 e. The summed E-state index contributed by atoms with van der Waals surface area (Å²) >= 11 is 0. The third-order valence-electron chi connectivity index (χ3n) is 1.99. The Balaban J connectivity index is 2.69. The van der Waals surface area contributed by atoms with Crippen LogP contribution in [0.3, 0.4) is 0 Å². The van der Waals surface area contributed by atoms with Crippen LogP contribution in [0.5, 0.6) is 0 Å². The Morgan fingerprint density at radius 2 is 2.06 bits per heavy atom. The highest BCUT2D eigenvalue weighted by molar-refractivity contribution is 5.61. The van der Waals surface area contributed by atoms with Crippen molar-refractivity contribution in [3.8, 4) is 0 Å². The topological polar surface area (TPSA) is 50.9 Å². The van der Waals surface area contributed by atoms with E-state index in [0.717, 1.165) is 0 Å². The van der Waals surface area contributed by atoms with Crippen LogP contribution in [0.1, 0.15) is 19.0 Å². The summed E-state index contributed by atoms with van der Waals surface area (Å²) < 4.78 is 36.3. The van der Waals surface area contributed by atoms with E-state index in [2.05, 4.69) is 10.3 Å². The molecule has 1 aromatic heterocycles. The second-order valence-corrected chi connectivity index (χ2v) is 3.76. The number of aryl methyl sites for hydroxylation is 1. The zero-order valence-electron chi connectivity index (χ0n) is 9.10. The van der Waals surface area contributed by atoms with Gasteiger partial charge in [0.2, 0.25) is 0 Å². The Morgan fingerprint density at radius 1 is 1.44 bits per heavy atom. The van der Waals surface area contributed by atoms with Crippen molar-refractivity contribution in [2.45, 2.75) is 32.5 Å². The minimum atomic E-state index is -4.19. The molecule has 0 spiro atoms. The fourth-order valence-corrected chi connectivity index (χ4v) is 1.31. The number of nitrogen functional groups attached to an aromatic ring is 1. The lowest BCUT2D eigenvalue weighted by Crippen LogP contribution is -2.24. The molecule has 3 N–H and O–H groups in total. The van der Waals surface area contributed by atoms with Crippen molar-refractivity contribution in [2.24, 2.45) is 0 Å². The zero-order chi connectivity index (χ0) is 12.3. The molecule has 0 aliphatic rings. The summed E-state index contributed by atoms with van der Waals surface area (Å²) in [6, 6.07) is 2.57. The predicted octanol–water partition coefficient (Wildman–Crippen LogP) is 2.73. The number of hydrogen-bond donors (Lipinski definition) is 2. The Hall–Kier alpha value is -1.46. The summed E-state index contributed by atoms with van der Waals surface area (Å²) in [7, 11) is 0. The van der Waals surface area contributed by atoms with Crippen molar-refractivity contribution < 1.29 is 13.2 Å². The van der Waals surface area contributed by atoms with Gasteiger partial charge in [-0.3, -0.25) is 0 Å². The summed E-state index contributed by atoms with van der Waals surface area (Å²) in [5, 5.41) is 2.65. The lowest BCUT2D eigenvalue weighted by Gasteiger charge is -2.17. The largest absolute Gasteiger partial charge is 0.396 e. The summed E-state index contributed by atoms with van der Waals surface area (Å²) in [6.07, 6.45) is -5.10. The molecule has 0 amide bonds. The molecule has 0 aliphatic heterocycles. The van der Waals surface area contributed by atoms with Crippen LogP contribution in [0.2, 0.25) is 0 Å². The van der Waals surface area contributed by atoms with Crippen LogP contribution in [0, 0.1) is 6.92 Å². The van der Waals surface area contributed by atoms with Crippen molar-refractivity contribution >= 4 is 11.5 Å². The van der Waals surface area contributed by atoms with Gasteiger partial charge in [-0.05, 0) is 26.0 Å². The average molecular weight is 233 g/mol. The second kappa shape index (κ2) is 4.59. The van der Waals surface area contributed by atoms with Crippen LogP contribution >= 0.6 is 0 Å². The second-order valence-electron chi connectivity index (χ2n) is 3.76. The van der Waals surface area contributed by atoms with Gasteiger partial charge in [0.25, 0.3) is 0 Å². The molecule has 1 atom stereocenters. The van der Waals surface area contributed by atoms with Crippen molar-refractivity contribution in [2.75, 3.05) is 11.1 Å². The minimum Gasteiger partial charge on any atom is -0.396 e. The van der Waals surface area contributed by atoms with Gasteiger partial charge in [-0.2, -0.15) is 13.2 Å². The van der Waals surface area contributed by atoms with Gasteiger partial charge in [-0.1, -0.05) is 0 Å². The molecule has 90 valence electrons. The monoisotopic (exact) mass is 233 g/mol. The number of pyridine rings is 1. The molecule has 0 saturated carbocycles. The standard InChI is InChI=1S/C10H14F3N3/c1-6-3-4-8(14)9(15-6)16-7(2)5-10(11,12)13/h3-4,7H,5,14H2,1-2H3,(H,15,16). The number of anilines is 2. The summed E-state index contributed by atoms with van der Waals surface area (Å²) in [5.74, 6) is 0.303. The molecule has 0 saturated heterocycles. The average Bonchev–Trinajstić information content (AvgIpc) is 2.08. The number of alkyl halides is 3. The van der Waals surface area contributed by atoms with Crippen LogP contribution < -0.4 is 11.1 Å². The Bertz CT molecular complexity index is 363. The van der Waals surface area contributed by atoms with Gasteiger partial charge in [-0.15, -0.1) is 0 Å². The summed E-state index contributed by atoms with van der Waals surface area (Å²) in [4.78, 5) is 4.04. The number of nitrogens with one attached hydrogen (secondary N) is 1. The first-order valence-corrected chi connectivity index (χ1v) is 4.84. The van der Waals surface area contributed by atoms with Gasteiger partial charge in [0, 0.05) is 11.7 Å². The van der Waals surface area contributed by atoms with Crippen LogP contribution in [0.25, 0.3) is 0 Å². The first-order chi connectivity index (χ1) is 7.28. The van der Waals surface area contributed by atoms with E-state index in [1.54, 1.807) is 19.1 Å². The van der Waals surface area contributed by atoms with Crippen molar-refractivity contribution in [1.82, 2.24) is 4.98 Å². The van der Waals surface area contributed by atoms with E-state index in [1.165, 1.54) is 6.92 Å². The molecule has 16 heavy (non-hydrogen) atoms. The SMILES string of the molecule is Cc1ccc(N)c(NC(C)CC(F)(F)F)n1. The van der Waals surface area contributed by atoms with E-state index < -0.39 is 18.6 Å². The van der Waals surface area contributed by atoms with Crippen LogP contribution in [-0.4, -0.2) is 17.2 Å². The van der Waals surface area contributed by atoms with Gasteiger partial charge < -0.3 is 11.1 Å². The van der Waals surface area contributed by atoms with E-state index in [4.69, 9.17) is 5.73 Å². The van der Waals surface area contributed by atoms with Gasteiger partial charge in [0.15, 0.2) is 0 Å². The van der Waals surface area contributed by atoms with Crippen molar-refractivity contribution in [3.05, 3.63) is 17.8 Å². The first kappa shape index (κ1) is 12.6. The molecular weight excluding hydrogens is 219 g/mol. The highest BCUT2D eigenvalue weighted by atomic mass is 19.4. The quantitative estimate of drug-likeness (QED) is 0.843. The first-order valence-electron chi connectivity index (χ1n) is 4.84. The van der Waals surface area contributed by atoms with Crippen LogP contribution in [0.15, 0.2) is 12.1 Å². The summed E-state index contributed by atoms with van der Waals surface area (Å²) in [6.45, 7) is 3.19. The number of aromatic nitrogens is 1. The molecule has 0 aliphatic carbocycles. The molecule has 0 radical (unpaired) electrons. The zero-order valence-corrected chi connectivity index (χ0v) is 9.10. The van der Waals surface area contributed by atoms with Crippen LogP contribution in [0.4, 0.5) is 24.7 Å². The maximum atomic E-state index is 12.1. The molecular formula is C10H14F3N3. The smallest absolute Gasteiger partial charge is 0.391 e. The predicted molar refractivity (Wildman–Crippen MR) is 57.1 cm³/mol. The third-order valence-corrected chi connectivity index (χ3v) is 1.99. The highest BCUT2D eigenvalue weighted by Gasteiger charge is 2.30. The molecule has 1 heterocycles.